The van der Waals surface area contributed by atoms with Crippen LogP contribution >= 0.6 is 0 Å². The lowest BCUT2D eigenvalue weighted by Crippen LogP contribution is -2.05. The van der Waals surface area contributed by atoms with Gasteiger partial charge in [-0.2, -0.15) is 0 Å². The van der Waals surface area contributed by atoms with Gasteiger partial charge in [0, 0.05) is 11.8 Å². The molecule has 2 N–H and O–H groups in total. The molecular formula is C24H33N3O2. The summed E-state index contributed by atoms with van der Waals surface area (Å²) in [6.45, 7) is 6.38. The smallest absolute Gasteiger partial charge is 0.205 e. The van der Waals surface area contributed by atoms with Crippen molar-refractivity contribution in [2.75, 3.05) is 12.4 Å². The van der Waals surface area contributed by atoms with Gasteiger partial charge in [-0.15, -0.1) is 0 Å². The van der Waals surface area contributed by atoms with Crippen molar-refractivity contribution in [2.24, 2.45) is 5.92 Å². The van der Waals surface area contributed by atoms with Gasteiger partial charge in [-0.25, -0.2) is 4.98 Å². The summed E-state index contributed by atoms with van der Waals surface area (Å²) in [6, 6.07) is 13.5. The van der Waals surface area contributed by atoms with Crippen molar-refractivity contribution in [1.29, 1.82) is 0 Å². The number of methoxy groups -OCH3 is 1. The van der Waals surface area contributed by atoms with E-state index in [1.807, 2.05) is 56.3 Å². The van der Waals surface area contributed by atoms with Crippen molar-refractivity contribution in [1.82, 2.24) is 9.97 Å². The molecular weight excluding hydrogens is 362 g/mol. The van der Waals surface area contributed by atoms with Gasteiger partial charge in [0.15, 0.2) is 0 Å². The average molecular weight is 396 g/mol. The summed E-state index contributed by atoms with van der Waals surface area (Å²) in [7, 11) is 1.65. The number of imidazole rings is 1. The fourth-order valence-electron chi connectivity index (χ4n) is 3.51. The quantitative estimate of drug-likeness (QED) is 0.505. The number of rotatable bonds is 5. The molecule has 0 amide bonds. The maximum Gasteiger partial charge on any atom is 0.205 e. The molecule has 0 atom stereocenters. The number of benzene rings is 2. The Kier molecular flexibility index (Phi) is 7.39. The van der Waals surface area contributed by atoms with Crippen LogP contribution in [0.3, 0.4) is 0 Å². The third-order valence-corrected chi connectivity index (χ3v) is 5.07. The monoisotopic (exact) mass is 395 g/mol. The van der Waals surface area contributed by atoms with Gasteiger partial charge >= 0.3 is 0 Å². The SMILES string of the molecule is CC1CCCCC1.COc1ccc2nc(Nc3ccc(OC(C)C)cc3)[nH]c2c1. The number of hydrogen-bond acceptors (Lipinski definition) is 4. The standard InChI is InChI=1S/C17H19N3O2.C7H14/c1-11(2)22-13-6-4-12(5-7-13)18-17-19-15-9-8-14(21-3)10-16(15)20-17;1-7-5-3-2-4-6-7/h4-11H,1-3H3,(H2,18,19,20);7H,2-6H2,1H3. The maximum absolute atomic E-state index is 5.63. The van der Waals surface area contributed by atoms with Crippen molar-refractivity contribution in [2.45, 2.75) is 59.0 Å². The Morgan fingerprint density at radius 1 is 1.00 bits per heavy atom. The van der Waals surface area contributed by atoms with Gasteiger partial charge in [-0.05, 0) is 56.2 Å². The van der Waals surface area contributed by atoms with Crippen molar-refractivity contribution in [3.63, 3.8) is 0 Å². The second kappa shape index (κ2) is 10.2. The van der Waals surface area contributed by atoms with Crippen molar-refractivity contribution >= 4 is 22.7 Å². The lowest BCUT2D eigenvalue weighted by atomic mass is 9.91. The highest BCUT2D eigenvalue weighted by Gasteiger charge is 2.06. The predicted octanol–water partition coefficient (Wildman–Crippen LogP) is 6.69. The van der Waals surface area contributed by atoms with Crippen molar-refractivity contribution in [3.8, 4) is 11.5 Å². The number of ether oxygens (including phenoxy) is 2. The number of aromatic amines is 1. The fraction of sp³-hybridized carbons (Fsp3) is 0.458. The summed E-state index contributed by atoms with van der Waals surface area (Å²) in [6.07, 6.45) is 7.61. The highest BCUT2D eigenvalue weighted by Crippen LogP contribution is 2.24. The van der Waals surface area contributed by atoms with Crippen LogP contribution < -0.4 is 14.8 Å². The predicted molar refractivity (Wildman–Crippen MR) is 120 cm³/mol. The van der Waals surface area contributed by atoms with Crippen molar-refractivity contribution in [3.05, 3.63) is 42.5 Å². The topological polar surface area (TPSA) is 59.2 Å². The van der Waals surface area contributed by atoms with Crippen LogP contribution in [-0.4, -0.2) is 23.2 Å². The minimum absolute atomic E-state index is 0.171. The second-order valence-electron chi connectivity index (χ2n) is 8.03. The van der Waals surface area contributed by atoms with E-state index < -0.39 is 0 Å². The van der Waals surface area contributed by atoms with E-state index in [1.54, 1.807) is 7.11 Å². The van der Waals surface area contributed by atoms with Crippen LogP contribution in [0.2, 0.25) is 0 Å². The minimum atomic E-state index is 0.171. The van der Waals surface area contributed by atoms with Crippen LogP contribution in [0.4, 0.5) is 11.6 Å². The van der Waals surface area contributed by atoms with E-state index in [9.17, 15) is 0 Å². The molecule has 1 aliphatic rings. The normalized spacial score (nSPS) is 14.4. The molecule has 4 rings (SSSR count). The molecule has 0 spiro atoms. The number of aromatic nitrogens is 2. The molecule has 156 valence electrons. The Hall–Kier alpha value is -2.69. The second-order valence-corrected chi connectivity index (χ2v) is 8.03. The molecule has 1 aliphatic carbocycles. The summed E-state index contributed by atoms with van der Waals surface area (Å²) in [4.78, 5) is 7.73. The van der Waals surface area contributed by atoms with E-state index in [1.165, 1.54) is 32.1 Å². The van der Waals surface area contributed by atoms with Crippen LogP contribution in [0.1, 0.15) is 52.9 Å². The average Bonchev–Trinajstić information content (AvgIpc) is 3.11. The first-order valence-corrected chi connectivity index (χ1v) is 10.6. The summed E-state index contributed by atoms with van der Waals surface area (Å²) in [5.41, 5.74) is 2.77. The first kappa shape index (κ1) is 21.0. The van der Waals surface area contributed by atoms with Gasteiger partial charge in [-0.1, -0.05) is 39.0 Å². The Morgan fingerprint density at radius 2 is 1.69 bits per heavy atom. The van der Waals surface area contributed by atoms with E-state index in [0.29, 0.717) is 5.95 Å². The van der Waals surface area contributed by atoms with Crippen LogP contribution in [0.15, 0.2) is 42.5 Å². The number of anilines is 2. The summed E-state index contributed by atoms with van der Waals surface area (Å²) >= 11 is 0. The Morgan fingerprint density at radius 3 is 2.28 bits per heavy atom. The molecule has 3 aromatic rings. The highest BCUT2D eigenvalue weighted by molar-refractivity contribution is 5.79. The first-order chi connectivity index (χ1) is 14.0. The summed E-state index contributed by atoms with van der Waals surface area (Å²) in [5.74, 6) is 3.39. The Balaban J connectivity index is 0.000000290. The molecule has 0 radical (unpaired) electrons. The van der Waals surface area contributed by atoms with Crippen molar-refractivity contribution < 1.29 is 9.47 Å². The molecule has 1 fully saturated rings. The number of fused-ring (bicyclic) bond motifs is 1. The first-order valence-electron chi connectivity index (χ1n) is 10.6. The molecule has 1 saturated carbocycles. The number of nitrogens with one attached hydrogen (secondary N) is 2. The molecule has 0 aliphatic heterocycles. The third kappa shape index (κ3) is 6.41. The number of nitrogens with zero attached hydrogens (tertiary/aromatic N) is 1. The number of H-pyrrole nitrogens is 1. The highest BCUT2D eigenvalue weighted by atomic mass is 16.5. The zero-order valence-electron chi connectivity index (χ0n) is 18.0. The van der Waals surface area contributed by atoms with Crippen LogP contribution in [0.5, 0.6) is 11.5 Å². The molecule has 5 heteroatoms. The van der Waals surface area contributed by atoms with Gasteiger partial charge in [0.2, 0.25) is 5.95 Å². The largest absolute Gasteiger partial charge is 0.497 e. The van der Waals surface area contributed by atoms with E-state index in [4.69, 9.17) is 9.47 Å². The zero-order valence-corrected chi connectivity index (χ0v) is 18.0. The van der Waals surface area contributed by atoms with Gasteiger partial charge in [0.1, 0.15) is 11.5 Å². The molecule has 5 nitrogen and oxygen atoms in total. The Labute approximate surface area is 173 Å². The lowest BCUT2D eigenvalue weighted by molar-refractivity contribution is 0.242. The van der Waals surface area contributed by atoms with Gasteiger partial charge in [-0.3, -0.25) is 0 Å². The molecule has 29 heavy (non-hydrogen) atoms. The van der Waals surface area contributed by atoms with Crippen LogP contribution in [0, 0.1) is 5.92 Å². The minimum Gasteiger partial charge on any atom is -0.497 e. The van der Waals surface area contributed by atoms with E-state index in [-0.39, 0.29) is 6.10 Å². The van der Waals surface area contributed by atoms with Gasteiger partial charge in [0.05, 0.1) is 24.2 Å². The molecule has 0 saturated heterocycles. The number of hydrogen-bond donors (Lipinski definition) is 2. The molecule has 0 unspecified atom stereocenters. The van der Waals surface area contributed by atoms with E-state index in [0.717, 1.165) is 34.1 Å². The molecule has 1 aromatic heterocycles. The van der Waals surface area contributed by atoms with E-state index >= 15 is 0 Å². The maximum atomic E-state index is 5.63. The van der Waals surface area contributed by atoms with E-state index in [2.05, 4.69) is 22.2 Å². The van der Waals surface area contributed by atoms with Crippen LogP contribution in [0.25, 0.3) is 11.0 Å². The van der Waals surface area contributed by atoms with Gasteiger partial charge < -0.3 is 19.8 Å². The fourth-order valence-corrected chi connectivity index (χ4v) is 3.51. The van der Waals surface area contributed by atoms with Gasteiger partial charge in [0.25, 0.3) is 0 Å². The molecule has 1 heterocycles. The molecule has 2 aromatic carbocycles. The zero-order chi connectivity index (χ0) is 20.6. The Bertz CT molecular complexity index is 881. The van der Waals surface area contributed by atoms with Crippen LogP contribution in [-0.2, 0) is 0 Å². The summed E-state index contributed by atoms with van der Waals surface area (Å²) < 4.78 is 10.8. The molecule has 0 bridgehead atoms. The lowest BCUT2D eigenvalue weighted by Gasteiger charge is -2.15. The third-order valence-electron chi connectivity index (χ3n) is 5.07. The summed E-state index contributed by atoms with van der Waals surface area (Å²) in [5, 5.41) is 3.25.